The van der Waals surface area contributed by atoms with Gasteiger partial charge in [-0.25, -0.2) is 5.43 Å². The number of hydrogen-bond acceptors (Lipinski definition) is 5. The SMILES string of the molecule is CN(C)c1ccc(C=NNC(=O)CNC(=O)/C=C/c2ccco2)cc1. The summed E-state index contributed by atoms with van der Waals surface area (Å²) in [6.45, 7) is -0.168. The summed E-state index contributed by atoms with van der Waals surface area (Å²) in [6, 6.07) is 11.1. The number of amides is 2. The van der Waals surface area contributed by atoms with Gasteiger partial charge in [0, 0.05) is 25.9 Å². The lowest BCUT2D eigenvalue weighted by Gasteiger charge is -2.11. The van der Waals surface area contributed by atoms with Crippen LogP contribution in [0.4, 0.5) is 5.69 Å². The van der Waals surface area contributed by atoms with Crippen molar-refractivity contribution in [1.82, 2.24) is 10.7 Å². The highest BCUT2D eigenvalue weighted by molar-refractivity contribution is 5.94. The largest absolute Gasteiger partial charge is 0.465 e. The molecule has 0 radical (unpaired) electrons. The van der Waals surface area contributed by atoms with E-state index in [2.05, 4.69) is 15.8 Å². The molecule has 0 spiro atoms. The maximum atomic E-state index is 11.6. The Morgan fingerprint density at radius 1 is 1.20 bits per heavy atom. The lowest BCUT2D eigenvalue weighted by molar-refractivity contribution is -0.123. The van der Waals surface area contributed by atoms with E-state index >= 15 is 0 Å². The zero-order valence-corrected chi connectivity index (χ0v) is 14.1. The first-order chi connectivity index (χ1) is 12.0. The van der Waals surface area contributed by atoms with Gasteiger partial charge in [0.05, 0.1) is 19.0 Å². The predicted molar refractivity (Wildman–Crippen MR) is 97.3 cm³/mol. The molecule has 0 aliphatic carbocycles. The molecule has 130 valence electrons. The Morgan fingerprint density at radius 2 is 1.96 bits per heavy atom. The van der Waals surface area contributed by atoms with E-state index in [4.69, 9.17) is 4.42 Å². The molecule has 0 saturated heterocycles. The second-order valence-corrected chi connectivity index (χ2v) is 5.35. The zero-order chi connectivity index (χ0) is 18.1. The van der Waals surface area contributed by atoms with Crippen LogP contribution in [0.1, 0.15) is 11.3 Å². The fourth-order valence-electron chi connectivity index (χ4n) is 1.85. The summed E-state index contributed by atoms with van der Waals surface area (Å²) in [7, 11) is 3.92. The fraction of sp³-hybridized carbons (Fsp3) is 0.167. The van der Waals surface area contributed by atoms with Crippen LogP contribution < -0.4 is 15.6 Å². The number of rotatable bonds is 7. The van der Waals surface area contributed by atoms with Crippen molar-refractivity contribution < 1.29 is 14.0 Å². The third-order valence-electron chi connectivity index (χ3n) is 3.18. The molecule has 1 heterocycles. The Hall–Kier alpha value is -3.35. The molecular weight excluding hydrogens is 320 g/mol. The third-order valence-corrected chi connectivity index (χ3v) is 3.18. The van der Waals surface area contributed by atoms with E-state index in [1.807, 2.05) is 43.3 Å². The first kappa shape index (κ1) is 18.0. The summed E-state index contributed by atoms with van der Waals surface area (Å²) in [6.07, 6.45) is 5.86. The summed E-state index contributed by atoms with van der Waals surface area (Å²) < 4.78 is 5.06. The molecule has 0 aliphatic heterocycles. The second kappa shape index (κ2) is 9.07. The number of carbonyl (C=O) groups excluding carboxylic acids is 2. The van der Waals surface area contributed by atoms with Crippen LogP contribution in [0.3, 0.4) is 0 Å². The second-order valence-electron chi connectivity index (χ2n) is 5.35. The average molecular weight is 340 g/mol. The van der Waals surface area contributed by atoms with E-state index in [1.165, 1.54) is 24.6 Å². The van der Waals surface area contributed by atoms with E-state index in [-0.39, 0.29) is 6.54 Å². The van der Waals surface area contributed by atoms with Gasteiger partial charge in [-0.2, -0.15) is 5.10 Å². The van der Waals surface area contributed by atoms with Gasteiger partial charge in [-0.05, 0) is 35.9 Å². The minimum absolute atomic E-state index is 0.168. The Bertz CT molecular complexity index is 747. The average Bonchev–Trinajstić information content (AvgIpc) is 3.12. The van der Waals surface area contributed by atoms with Crippen LogP contribution in [-0.2, 0) is 9.59 Å². The minimum atomic E-state index is -0.416. The Morgan fingerprint density at radius 3 is 2.60 bits per heavy atom. The summed E-state index contributed by atoms with van der Waals surface area (Å²) in [4.78, 5) is 25.2. The smallest absolute Gasteiger partial charge is 0.259 e. The molecule has 0 atom stereocenters. The van der Waals surface area contributed by atoms with Gasteiger partial charge in [0.1, 0.15) is 5.76 Å². The van der Waals surface area contributed by atoms with Gasteiger partial charge in [-0.1, -0.05) is 12.1 Å². The molecule has 7 heteroatoms. The maximum absolute atomic E-state index is 11.6. The number of hydrogen-bond donors (Lipinski definition) is 2. The Labute approximate surface area is 146 Å². The maximum Gasteiger partial charge on any atom is 0.259 e. The van der Waals surface area contributed by atoms with Gasteiger partial charge in [-0.15, -0.1) is 0 Å². The first-order valence-electron chi connectivity index (χ1n) is 7.63. The molecule has 7 nitrogen and oxygen atoms in total. The highest BCUT2D eigenvalue weighted by Gasteiger charge is 2.02. The number of benzene rings is 1. The van der Waals surface area contributed by atoms with Gasteiger partial charge in [0.25, 0.3) is 5.91 Å². The number of furan rings is 1. The van der Waals surface area contributed by atoms with Gasteiger partial charge in [0.2, 0.25) is 5.91 Å². The van der Waals surface area contributed by atoms with Crippen LogP contribution in [0.15, 0.2) is 58.3 Å². The highest BCUT2D eigenvalue weighted by Crippen LogP contribution is 2.10. The minimum Gasteiger partial charge on any atom is -0.465 e. The summed E-state index contributed by atoms with van der Waals surface area (Å²) in [5.41, 5.74) is 4.29. The highest BCUT2D eigenvalue weighted by atomic mass is 16.3. The molecule has 1 aromatic carbocycles. The topological polar surface area (TPSA) is 86.9 Å². The lowest BCUT2D eigenvalue weighted by Crippen LogP contribution is -2.34. The van der Waals surface area contributed by atoms with Crippen LogP contribution in [0.25, 0.3) is 6.08 Å². The van der Waals surface area contributed by atoms with Gasteiger partial charge in [-0.3, -0.25) is 9.59 Å². The number of carbonyl (C=O) groups is 2. The summed E-state index contributed by atoms with van der Waals surface area (Å²) in [5, 5.41) is 6.31. The number of anilines is 1. The molecule has 25 heavy (non-hydrogen) atoms. The van der Waals surface area contributed by atoms with Crippen molar-refractivity contribution in [2.75, 3.05) is 25.5 Å². The van der Waals surface area contributed by atoms with E-state index in [0.717, 1.165) is 11.3 Å². The van der Waals surface area contributed by atoms with Crippen molar-refractivity contribution in [3.63, 3.8) is 0 Å². The zero-order valence-electron chi connectivity index (χ0n) is 14.1. The van der Waals surface area contributed by atoms with Crippen LogP contribution in [0.2, 0.25) is 0 Å². The Kier molecular flexibility index (Phi) is 6.53. The van der Waals surface area contributed by atoms with Crippen LogP contribution >= 0.6 is 0 Å². The standard InChI is InChI=1S/C18H20N4O3/c1-22(2)15-7-5-14(6-8-15)12-20-21-18(24)13-19-17(23)10-9-16-4-3-11-25-16/h3-12H,13H2,1-2H3,(H,19,23)(H,21,24)/b10-9+,20-12?. The monoisotopic (exact) mass is 340 g/mol. The van der Waals surface area contributed by atoms with Gasteiger partial charge >= 0.3 is 0 Å². The summed E-state index contributed by atoms with van der Waals surface area (Å²) >= 11 is 0. The van der Waals surface area contributed by atoms with E-state index in [0.29, 0.717) is 5.76 Å². The molecule has 0 saturated carbocycles. The molecule has 2 N–H and O–H groups in total. The molecule has 0 aliphatic rings. The molecule has 1 aromatic heterocycles. The number of hydrazone groups is 1. The number of nitrogens with one attached hydrogen (secondary N) is 2. The normalized spacial score (nSPS) is 11.0. The van der Waals surface area contributed by atoms with Crippen molar-refractivity contribution >= 4 is 29.8 Å². The van der Waals surface area contributed by atoms with Crippen LogP contribution in [0.5, 0.6) is 0 Å². The molecule has 0 bridgehead atoms. The first-order valence-corrected chi connectivity index (χ1v) is 7.63. The lowest BCUT2D eigenvalue weighted by atomic mass is 10.2. The van der Waals surface area contributed by atoms with Crippen molar-refractivity contribution in [1.29, 1.82) is 0 Å². The Balaban J connectivity index is 1.72. The van der Waals surface area contributed by atoms with Crippen LogP contribution in [-0.4, -0.2) is 38.7 Å². The summed E-state index contributed by atoms with van der Waals surface area (Å²) in [5.74, 6) is -0.250. The van der Waals surface area contributed by atoms with Crippen LogP contribution in [0, 0.1) is 0 Å². The molecule has 0 unspecified atom stereocenters. The third kappa shape index (κ3) is 6.34. The quantitative estimate of drug-likeness (QED) is 0.456. The van der Waals surface area contributed by atoms with E-state index < -0.39 is 11.8 Å². The molecule has 2 amide bonds. The van der Waals surface area contributed by atoms with Crippen molar-refractivity contribution in [2.24, 2.45) is 5.10 Å². The van der Waals surface area contributed by atoms with Gasteiger partial charge < -0.3 is 14.6 Å². The molecule has 2 aromatic rings. The molecular formula is C18H20N4O3. The van der Waals surface area contributed by atoms with Crippen molar-refractivity contribution in [3.05, 3.63) is 60.1 Å². The predicted octanol–water partition coefficient (Wildman–Crippen LogP) is 1.63. The van der Waals surface area contributed by atoms with E-state index in [9.17, 15) is 9.59 Å². The molecule has 0 fully saturated rings. The molecule has 2 rings (SSSR count). The van der Waals surface area contributed by atoms with Crippen molar-refractivity contribution in [3.8, 4) is 0 Å². The van der Waals surface area contributed by atoms with Crippen molar-refractivity contribution in [2.45, 2.75) is 0 Å². The number of nitrogens with zero attached hydrogens (tertiary/aromatic N) is 2. The van der Waals surface area contributed by atoms with Gasteiger partial charge in [0.15, 0.2) is 0 Å². The van der Waals surface area contributed by atoms with E-state index in [1.54, 1.807) is 12.1 Å². The fourth-order valence-corrected chi connectivity index (χ4v) is 1.85.